The topological polar surface area (TPSA) is 61.7 Å². The van der Waals surface area contributed by atoms with E-state index >= 15 is 0 Å². The molecule has 112 valence electrons. The quantitative estimate of drug-likeness (QED) is 0.764. The van der Waals surface area contributed by atoms with E-state index in [-0.39, 0.29) is 12.4 Å². The standard InChI is InChI=1S/C16H18ClNO3/c1-2-21-16-6-4-13(8-12(16)10-19)18-9-11-3-5-15(20)14(17)7-11/h3-8,18-20H,2,9-10H2,1H3. The van der Waals surface area contributed by atoms with Crippen LogP contribution in [0.25, 0.3) is 0 Å². The van der Waals surface area contributed by atoms with E-state index in [1.807, 2.05) is 25.1 Å². The summed E-state index contributed by atoms with van der Waals surface area (Å²) in [5.41, 5.74) is 2.58. The molecule has 0 aliphatic carbocycles. The van der Waals surface area contributed by atoms with Crippen LogP contribution in [0, 0.1) is 0 Å². The third-order valence-corrected chi connectivity index (χ3v) is 3.34. The Labute approximate surface area is 129 Å². The second kappa shape index (κ2) is 7.20. The van der Waals surface area contributed by atoms with Crippen molar-refractivity contribution >= 4 is 17.3 Å². The Balaban J connectivity index is 2.07. The molecule has 4 nitrogen and oxygen atoms in total. The highest BCUT2D eigenvalue weighted by molar-refractivity contribution is 6.32. The molecule has 0 saturated heterocycles. The van der Waals surface area contributed by atoms with Crippen LogP contribution in [0.15, 0.2) is 36.4 Å². The second-order valence-electron chi connectivity index (χ2n) is 4.55. The van der Waals surface area contributed by atoms with Crippen LogP contribution in [0.3, 0.4) is 0 Å². The molecule has 0 atom stereocenters. The number of aliphatic hydroxyl groups excluding tert-OH is 1. The molecule has 3 N–H and O–H groups in total. The largest absolute Gasteiger partial charge is 0.506 e. The molecule has 0 spiro atoms. The lowest BCUT2D eigenvalue weighted by molar-refractivity contribution is 0.267. The van der Waals surface area contributed by atoms with Gasteiger partial charge in [0.05, 0.1) is 18.2 Å². The van der Waals surface area contributed by atoms with Gasteiger partial charge in [0.25, 0.3) is 0 Å². The van der Waals surface area contributed by atoms with Gasteiger partial charge in [-0.25, -0.2) is 0 Å². The highest BCUT2D eigenvalue weighted by Crippen LogP contribution is 2.25. The lowest BCUT2D eigenvalue weighted by Crippen LogP contribution is -2.02. The number of rotatable bonds is 6. The van der Waals surface area contributed by atoms with Crippen molar-refractivity contribution in [2.45, 2.75) is 20.1 Å². The van der Waals surface area contributed by atoms with Gasteiger partial charge in [-0.05, 0) is 42.8 Å². The molecule has 0 saturated carbocycles. The van der Waals surface area contributed by atoms with E-state index in [2.05, 4.69) is 5.32 Å². The maximum Gasteiger partial charge on any atom is 0.134 e. The van der Waals surface area contributed by atoms with Crippen molar-refractivity contribution in [3.8, 4) is 11.5 Å². The number of hydrogen-bond acceptors (Lipinski definition) is 4. The van der Waals surface area contributed by atoms with Crippen LogP contribution in [0.2, 0.25) is 5.02 Å². The maximum atomic E-state index is 9.38. The zero-order chi connectivity index (χ0) is 15.2. The fourth-order valence-electron chi connectivity index (χ4n) is 1.97. The third-order valence-electron chi connectivity index (χ3n) is 3.04. The van der Waals surface area contributed by atoms with Gasteiger partial charge < -0.3 is 20.3 Å². The van der Waals surface area contributed by atoms with Gasteiger partial charge in [0.15, 0.2) is 0 Å². The molecular weight excluding hydrogens is 290 g/mol. The highest BCUT2D eigenvalue weighted by atomic mass is 35.5. The van der Waals surface area contributed by atoms with Crippen LogP contribution in [-0.4, -0.2) is 16.8 Å². The Bertz CT molecular complexity index is 616. The van der Waals surface area contributed by atoms with E-state index < -0.39 is 0 Å². The van der Waals surface area contributed by atoms with Crippen LogP contribution in [0.1, 0.15) is 18.1 Å². The monoisotopic (exact) mass is 307 g/mol. The molecule has 5 heteroatoms. The number of benzene rings is 2. The Morgan fingerprint density at radius 1 is 1.19 bits per heavy atom. The van der Waals surface area contributed by atoms with Gasteiger partial charge in [0.1, 0.15) is 11.5 Å². The fraction of sp³-hybridized carbons (Fsp3) is 0.250. The molecule has 2 aromatic rings. The van der Waals surface area contributed by atoms with Crippen molar-refractivity contribution in [1.82, 2.24) is 0 Å². The Morgan fingerprint density at radius 3 is 2.67 bits per heavy atom. The molecule has 0 aliphatic heterocycles. The average molecular weight is 308 g/mol. The van der Waals surface area contributed by atoms with Crippen molar-refractivity contribution in [3.05, 3.63) is 52.5 Å². The molecule has 2 rings (SSSR count). The molecule has 0 radical (unpaired) electrons. The van der Waals surface area contributed by atoms with Crippen LogP contribution < -0.4 is 10.1 Å². The van der Waals surface area contributed by atoms with Gasteiger partial charge in [0, 0.05) is 17.8 Å². The summed E-state index contributed by atoms with van der Waals surface area (Å²) in [4.78, 5) is 0. The summed E-state index contributed by atoms with van der Waals surface area (Å²) in [6, 6.07) is 10.7. The van der Waals surface area contributed by atoms with E-state index in [9.17, 15) is 10.2 Å². The summed E-state index contributed by atoms with van der Waals surface area (Å²) in [5.74, 6) is 0.766. The number of aliphatic hydroxyl groups is 1. The molecular formula is C16H18ClNO3. The van der Waals surface area contributed by atoms with Crippen LogP contribution in [-0.2, 0) is 13.2 Å². The Morgan fingerprint density at radius 2 is 2.00 bits per heavy atom. The van der Waals surface area contributed by atoms with Crippen molar-refractivity contribution in [2.24, 2.45) is 0 Å². The van der Waals surface area contributed by atoms with Crippen LogP contribution in [0.4, 0.5) is 5.69 Å². The lowest BCUT2D eigenvalue weighted by atomic mass is 10.1. The van der Waals surface area contributed by atoms with E-state index in [0.717, 1.165) is 16.8 Å². The minimum atomic E-state index is -0.0735. The normalized spacial score (nSPS) is 10.4. The molecule has 0 fully saturated rings. The van der Waals surface area contributed by atoms with Crippen LogP contribution >= 0.6 is 11.6 Å². The number of nitrogens with one attached hydrogen (secondary N) is 1. The first kappa shape index (κ1) is 15.5. The molecule has 2 aromatic carbocycles. The summed E-state index contributed by atoms with van der Waals surface area (Å²) < 4.78 is 5.44. The van der Waals surface area contributed by atoms with Gasteiger partial charge in [-0.1, -0.05) is 17.7 Å². The molecule has 0 unspecified atom stereocenters. The van der Waals surface area contributed by atoms with E-state index in [1.54, 1.807) is 18.2 Å². The Hall–Kier alpha value is -1.91. The third kappa shape index (κ3) is 4.03. The van der Waals surface area contributed by atoms with Gasteiger partial charge in [-0.15, -0.1) is 0 Å². The first-order chi connectivity index (χ1) is 10.1. The number of phenolic OH excluding ortho intramolecular Hbond substituents is 1. The molecule has 21 heavy (non-hydrogen) atoms. The van der Waals surface area contributed by atoms with Crippen molar-refractivity contribution < 1.29 is 14.9 Å². The van der Waals surface area contributed by atoms with Crippen molar-refractivity contribution in [1.29, 1.82) is 0 Å². The molecule has 0 amide bonds. The van der Waals surface area contributed by atoms with Crippen molar-refractivity contribution in [2.75, 3.05) is 11.9 Å². The number of hydrogen-bond donors (Lipinski definition) is 3. The number of ether oxygens (including phenoxy) is 1. The van der Waals surface area contributed by atoms with Gasteiger partial charge in [0.2, 0.25) is 0 Å². The maximum absolute atomic E-state index is 9.38. The van der Waals surface area contributed by atoms with E-state index in [4.69, 9.17) is 16.3 Å². The summed E-state index contributed by atoms with van der Waals surface area (Å²) in [6.45, 7) is 2.96. The molecule has 0 bridgehead atoms. The van der Waals surface area contributed by atoms with Gasteiger partial charge in [-0.3, -0.25) is 0 Å². The molecule has 0 aliphatic rings. The molecule has 0 heterocycles. The summed E-state index contributed by atoms with van der Waals surface area (Å²) in [5, 5.41) is 22.3. The number of anilines is 1. The number of aromatic hydroxyl groups is 1. The summed E-state index contributed by atoms with van der Waals surface area (Å²) in [7, 11) is 0. The zero-order valence-corrected chi connectivity index (χ0v) is 12.5. The van der Waals surface area contributed by atoms with Gasteiger partial charge in [-0.2, -0.15) is 0 Å². The van der Waals surface area contributed by atoms with Gasteiger partial charge >= 0.3 is 0 Å². The first-order valence-corrected chi connectivity index (χ1v) is 7.09. The fourth-order valence-corrected chi connectivity index (χ4v) is 2.18. The number of halogens is 1. The van der Waals surface area contributed by atoms with Crippen molar-refractivity contribution in [3.63, 3.8) is 0 Å². The summed E-state index contributed by atoms with van der Waals surface area (Å²) in [6.07, 6.45) is 0. The van der Waals surface area contributed by atoms with E-state index in [0.29, 0.717) is 23.9 Å². The first-order valence-electron chi connectivity index (χ1n) is 6.72. The predicted octanol–water partition coefficient (Wildman–Crippen LogP) is 3.55. The SMILES string of the molecule is CCOc1ccc(NCc2ccc(O)c(Cl)c2)cc1CO. The smallest absolute Gasteiger partial charge is 0.134 e. The Kier molecular flexibility index (Phi) is 5.31. The summed E-state index contributed by atoms with van der Waals surface area (Å²) >= 11 is 5.87. The minimum absolute atomic E-state index is 0.0732. The zero-order valence-electron chi connectivity index (χ0n) is 11.8. The second-order valence-corrected chi connectivity index (χ2v) is 4.96. The highest BCUT2D eigenvalue weighted by Gasteiger charge is 2.05. The number of phenols is 1. The van der Waals surface area contributed by atoms with E-state index in [1.165, 1.54) is 0 Å². The van der Waals surface area contributed by atoms with Crippen LogP contribution in [0.5, 0.6) is 11.5 Å². The molecule has 0 aromatic heterocycles. The predicted molar refractivity (Wildman–Crippen MR) is 84.0 cm³/mol. The minimum Gasteiger partial charge on any atom is -0.506 e. The average Bonchev–Trinajstić information content (AvgIpc) is 2.49. The lowest BCUT2D eigenvalue weighted by Gasteiger charge is -2.12.